The predicted molar refractivity (Wildman–Crippen MR) is 70.2 cm³/mol. The molecule has 0 atom stereocenters. The lowest BCUT2D eigenvalue weighted by molar-refractivity contribution is -0.116. The zero-order valence-electron chi connectivity index (χ0n) is 10.5. The third-order valence-corrected chi connectivity index (χ3v) is 2.57. The number of aryl methyl sites for hydroxylation is 1. The molecule has 1 amide bonds. The maximum atomic E-state index is 11.6. The summed E-state index contributed by atoms with van der Waals surface area (Å²) in [5, 5.41) is 12.0. The van der Waals surface area contributed by atoms with Gasteiger partial charge in [0.1, 0.15) is 17.2 Å². The molecular formula is C14H14N2O3. The maximum Gasteiger partial charge on any atom is 0.244 e. The number of aromatic hydroxyl groups is 1. The van der Waals surface area contributed by atoms with E-state index in [1.54, 1.807) is 37.3 Å². The smallest absolute Gasteiger partial charge is 0.244 e. The number of hydrogen-bond donors (Lipinski definition) is 2. The number of benzene rings is 1. The molecule has 0 bridgehead atoms. The number of carbonyl (C=O) groups excluding carboxylic acids is 1. The van der Waals surface area contributed by atoms with Crippen LogP contribution >= 0.6 is 0 Å². The third kappa shape index (κ3) is 3.70. The van der Waals surface area contributed by atoms with E-state index in [9.17, 15) is 9.90 Å². The molecule has 0 saturated heterocycles. The van der Waals surface area contributed by atoms with Crippen LogP contribution in [0.15, 0.2) is 41.2 Å². The van der Waals surface area contributed by atoms with Crippen LogP contribution in [0.5, 0.6) is 5.75 Å². The number of phenolic OH excluding ortho intramolecular Hbond substituents is 1. The van der Waals surface area contributed by atoms with Crippen LogP contribution in [-0.2, 0) is 11.3 Å². The summed E-state index contributed by atoms with van der Waals surface area (Å²) in [6.45, 7) is 2.11. The molecule has 0 aliphatic rings. The lowest BCUT2D eigenvalue weighted by Gasteiger charge is -1.99. The van der Waals surface area contributed by atoms with Gasteiger partial charge >= 0.3 is 0 Å². The van der Waals surface area contributed by atoms with Crippen molar-refractivity contribution in [3.8, 4) is 5.75 Å². The summed E-state index contributed by atoms with van der Waals surface area (Å²) < 4.78 is 5.03. The Morgan fingerprint density at radius 1 is 1.53 bits per heavy atom. The predicted octanol–water partition coefficient (Wildman–Crippen LogP) is 2.02. The molecule has 0 unspecified atom stereocenters. The summed E-state index contributed by atoms with van der Waals surface area (Å²) in [4.78, 5) is 15.6. The summed E-state index contributed by atoms with van der Waals surface area (Å²) in [5.41, 5.74) is 1.46. The van der Waals surface area contributed by atoms with Gasteiger partial charge in [-0.1, -0.05) is 12.1 Å². The molecule has 19 heavy (non-hydrogen) atoms. The number of aromatic nitrogens is 1. The highest BCUT2D eigenvalue weighted by atomic mass is 16.3. The Kier molecular flexibility index (Phi) is 3.97. The Labute approximate surface area is 110 Å². The SMILES string of the molecule is Cc1ocnc1CNC(=O)C=Cc1cccc(O)c1. The Balaban J connectivity index is 1.89. The average molecular weight is 258 g/mol. The Morgan fingerprint density at radius 2 is 2.37 bits per heavy atom. The summed E-state index contributed by atoms with van der Waals surface area (Å²) >= 11 is 0. The van der Waals surface area contributed by atoms with Crippen LogP contribution in [0, 0.1) is 6.92 Å². The van der Waals surface area contributed by atoms with Gasteiger partial charge in [-0.2, -0.15) is 0 Å². The number of hydrogen-bond acceptors (Lipinski definition) is 4. The topological polar surface area (TPSA) is 75.4 Å². The van der Waals surface area contributed by atoms with Gasteiger partial charge in [0.05, 0.1) is 6.54 Å². The van der Waals surface area contributed by atoms with E-state index in [0.717, 1.165) is 5.56 Å². The zero-order valence-corrected chi connectivity index (χ0v) is 10.5. The van der Waals surface area contributed by atoms with Crippen molar-refractivity contribution in [3.63, 3.8) is 0 Å². The van der Waals surface area contributed by atoms with Crippen molar-refractivity contribution < 1.29 is 14.3 Å². The Morgan fingerprint density at radius 3 is 3.05 bits per heavy atom. The van der Waals surface area contributed by atoms with E-state index < -0.39 is 0 Å². The van der Waals surface area contributed by atoms with E-state index in [-0.39, 0.29) is 11.7 Å². The largest absolute Gasteiger partial charge is 0.508 e. The van der Waals surface area contributed by atoms with Crippen molar-refractivity contribution in [2.45, 2.75) is 13.5 Å². The number of nitrogens with one attached hydrogen (secondary N) is 1. The molecule has 98 valence electrons. The molecule has 0 saturated carbocycles. The zero-order chi connectivity index (χ0) is 13.7. The number of nitrogens with zero attached hydrogens (tertiary/aromatic N) is 1. The lowest BCUT2D eigenvalue weighted by Crippen LogP contribution is -2.20. The minimum absolute atomic E-state index is 0.167. The van der Waals surface area contributed by atoms with Gasteiger partial charge in [-0.15, -0.1) is 0 Å². The number of amides is 1. The number of rotatable bonds is 4. The highest BCUT2D eigenvalue weighted by Crippen LogP contribution is 2.11. The van der Waals surface area contributed by atoms with E-state index in [0.29, 0.717) is 18.0 Å². The molecular weight excluding hydrogens is 244 g/mol. The van der Waals surface area contributed by atoms with Gasteiger partial charge in [-0.25, -0.2) is 4.98 Å². The summed E-state index contributed by atoms with van der Waals surface area (Å²) in [6.07, 6.45) is 4.38. The number of phenols is 1. The first kappa shape index (κ1) is 12.9. The van der Waals surface area contributed by atoms with Crippen LogP contribution in [0.1, 0.15) is 17.0 Å². The van der Waals surface area contributed by atoms with Gasteiger partial charge in [0.15, 0.2) is 6.39 Å². The molecule has 5 nitrogen and oxygen atoms in total. The second-order valence-electron chi connectivity index (χ2n) is 4.00. The van der Waals surface area contributed by atoms with Crippen molar-refractivity contribution in [2.24, 2.45) is 0 Å². The Hall–Kier alpha value is -2.56. The van der Waals surface area contributed by atoms with Crippen molar-refractivity contribution in [2.75, 3.05) is 0 Å². The van der Waals surface area contributed by atoms with Crippen molar-refractivity contribution in [3.05, 3.63) is 53.8 Å². The van der Waals surface area contributed by atoms with Gasteiger partial charge in [-0.3, -0.25) is 4.79 Å². The van der Waals surface area contributed by atoms with E-state index >= 15 is 0 Å². The molecule has 0 fully saturated rings. The molecule has 0 radical (unpaired) electrons. The highest BCUT2D eigenvalue weighted by Gasteiger charge is 2.03. The number of carbonyl (C=O) groups is 1. The molecule has 5 heteroatoms. The van der Waals surface area contributed by atoms with E-state index in [2.05, 4.69) is 10.3 Å². The van der Waals surface area contributed by atoms with Crippen LogP contribution < -0.4 is 5.32 Å². The highest BCUT2D eigenvalue weighted by molar-refractivity contribution is 5.91. The minimum atomic E-state index is -0.231. The lowest BCUT2D eigenvalue weighted by atomic mass is 10.2. The summed E-state index contributed by atoms with van der Waals surface area (Å²) in [6, 6.07) is 6.66. The molecule has 0 aliphatic carbocycles. The molecule has 2 aromatic rings. The molecule has 2 rings (SSSR count). The monoisotopic (exact) mass is 258 g/mol. The van der Waals surface area contributed by atoms with Crippen LogP contribution in [-0.4, -0.2) is 16.0 Å². The first-order valence-electron chi connectivity index (χ1n) is 5.79. The minimum Gasteiger partial charge on any atom is -0.508 e. The van der Waals surface area contributed by atoms with Crippen LogP contribution in [0.3, 0.4) is 0 Å². The van der Waals surface area contributed by atoms with Gasteiger partial charge in [0.25, 0.3) is 0 Å². The van der Waals surface area contributed by atoms with Crippen LogP contribution in [0.2, 0.25) is 0 Å². The maximum absolute atomic E-state index is 11.6. The Bertz CT molecular complexity index is 602. The molecule has 1 heterocycles. The van der Waals surface area contributed by atoms with Crippen molar-refractivity contribution in [1.29, 1.82) is 0 Å². The molecule has 2 N–H and O–H groups in total. The van der Waals surface area contributed by atoms with Crippen molar-refractivity contribution >= 4 is 12.0 Å². The number of oxazole rings is 1. The second kappa shape index (κ2) is 5.86. The quantitative estimate of drug-likeness (QED) is 0.823. The van der Waals surface area contributed by atoms with Gasteiger partial charge in [0, 0.05) is 6.08 Å². The molecule has 0 aliphatic heterocycles. The van der Waals surface area contributed by atoms with Gasteiger partial charge in [-0.05, 0) is 30.7 Å². The van der Waals surface area contributed by atoms with Crippen LogP contribution in [0.4, 0.5) is 0 Å². The van der Waals surface area contributed by atoms with Gasteiger partial charge in [0.2, 0.25) is 5.91 Å². The molecule has 0 spiro atoms. The van der Waals surface area contributed by atoms with Gasteiger partial charge < -0.3 is 14.8 Å². The fourth-order valence-electron chi connectivity index (χ4n) is 1.53. The van der Waals surface area contributed by atoms with E-state index in [1.807, 2.05) is 0 Å². The molecule has 1 aromatic carbocycles. The third-order valence-electron chi connectivity index (χ3n) is 2.57. The summed E-state index contributed by atoms with van der Waals surface area (Å²) in [7, 11) is 0. The summed E-state index contributed by atoms with van der Waals surface area (Å²) in [5.74, 6) is 0.629. The first-order chi connectivity index (χ1) is 9.15. The van der Waals surface area contributed by atoms with Crippen LogP contribution in [0.25, 0.3) is 6.08 Å². The fourth-order valence-corrected chi connectivity index (χ4v) is 1.53. The normalized spacial score (nSPS) is 10.8. The average Bonchev–Trinajstić information content (AvgIpc) is 2.80. The van der Waals surface area contributed by atoms with E-state index in [1.165, 1.54) is 12.5 Å². The fraction of sp³-hybridized carbons (Fsp3) is 0.143. The van der Waals surface area contributed by atoms with E-state index in [4.69, 9.17) is 4.42 Å². The van der Waals surface area contributed by atoms with Crippen molar-refractivity contribution in [1.82, 2.24) is 10.3 Å². The first-order valence-corrected chi connectivity index (χ1v) is 5.79. The molecule has 1 aromatic heterocycles. The second-order valence-corrected chi connectivity index (χ2v) is 4.00. The standard InChI is InChI=1S/C14H14N2O3/c1-10-13(16-9-19-10)8-15-14(18)6-5-11-3-2-4-12(17)7-11/h2-7,9,17H,8H2,1H3,(H,15,18).